The smallest absolute Gasteiger partial charge is 0.321 e. The van der Waals surface area contributed by atoms with Crippen molar-refractivity contribution in [2.75, 3.05) is 25.0 Å². The van der Waals surface area contributed by atoms with Crippen molar-refractivity contribution in [1.82, 2.24) is 10.2 Å². The van der Waals surface area contributed by atoms with Crippen LogP contribution in [0.4, 0.5) is 10.5 Å². The average Bonchev–Trinajstić information content (AvgIpc) is 3.17. The third-order valence-corrected chi connectivity index (χ3v) is 6.69. The summed E-state index contributed by atoms with van der Waals surface area (Å²) in [6, 6.07) is 16.1. The highest BCUT2D eigenvalue weighted by molar-refractivity contribution is 7.17. The standard InChI is InChI=1S/C24H27N3O2S/c1-17-5-4-6-20(15-17)26-24(29)27-13-10-18(11-14-27)23(28)25-12-9-19-16-30-22-8-3-2-7-21(19)22/h2-8,15-16,18H,9-14H2,1H3,(H,25,28)(H,26,29). The van der Waals surface area contributed by atoms with Gasteiger partial charge in [0.15, 0.2) is 0 Å². The number of fused-ring (bicyclic) bond motifs is 1. The molecule has 0 atom stereocenters. The number of anilines is 1. The molecule has 5 nitrogen and oxygen atoms in total. The molecule has 4 rings (SSSR count). The number of carbonyl (C=O) groups excluding carboxylic acids is 2. The predicted octanol–water partition coefficient (Wildman–Crippen LogP) is 4.81. The average molecular weight is 422 g/mol. The predicted molar refractivity (Wildman–Crippen MR) is 123 cm³/mol. The highest BCUT2D eigenvalue weighted by atomic mass is 32.1. The van der Waals surface area contributed by atoms with Gasteiger partial charge in [-0.15, -0.1) is 11.3 Å². The molecule has 0 aliphatic carbocycles. The zero-order valence-corrected chi connectivity index (χ0v) is 18.0. The number of aryl methyl sites for hydroxylation is 1. The van der Waals surface area contributed by atoms with E-state index in [-0.39, 0.29) is 17.9 Å². The van der Waals surface area contributed by atoms with Crippen LogP contribution in [0.3, 0.4) is 0 Å². The van der Waals surface area contributed by atoms with Crippen LogP contribution in [0.2, 0.25) is 0 Å². The molecular formula is C24H27N3O2S. The van der Waals surface area contributed by atoms with Gasteiger partial charge < -0.3 is 15.5 Å². The monoisotopic (exact) mass is 421 g/mol. The van der Waals surface area contributed by atoms with Crippen molar-refractivity contribution < 1.29 is 9.59 Å². The summed E-state index contributed by atoms with van der Waals surface area (Å²) in [5, 5.41) is 9.51. The fraction of sp³-hybridized carbons (Fsp3) is 0.333. The first-order valence-electron chi connectivity index (χ1n) is 10.5. The Balaban J connectivity index is 1.22. The summed E-state index contributed by atoms with van der Waals surface area (Å²) in [6.07, 6.45) is 2.25. The summed E-state index contributed by atoms with van der Waals surface area (Å²) in [6.45, 7) is 3.85. The van der Waals surface area contributed by atoms with E-state index in [1.165, 1.54) is 15.6 Å². The molecule has 2 N–H and O–H groups in total. The minimum absolute atomic E-state index is 0.0211. The fourth-order valence-corrected chi connectivity index (χ4v) is 4.96. The van der Waals surface area contributed by atoms with Crippen molar-refractivity contribution in [3.05, 3.63) is 65.0 Å². The number of carbonyl (C=O) groups is 2. The van der Waals surface area contributed by atoms with Gasteiger partial charge in [-0.3, -0.25) is 4.79 Å². The van der Waals surface area contributed by atoms with Crippen molar-refractivity contribution in [3.63, 3.8) is 0 Å². The van der Waals surface area contributed by atoms with Crippen LogP contribution in [-0.4, -0.2) is 36.5 Å². The minimum Gasteiger partial charge on any atom is -0.356 e. The lowest BCUT2D eigenvalue weighted by atomic mass is 9.96. The summed E-state index contributed by atoms with van der Waals surface area (Å²) in [7, 11) is 0. The van der Waals surface area contributed by atoms with Gasteiger partial charge in [0.05, 0.1) is 0 Å². The lowest BCUT2D eigenvalue weighted by molar-refractivity contribution is -0.126. The number of piperidine rings is 1. The number of nitrogens with one attached hydrogen (secondary N) is 2. The Bertz CT molecular complexity index is 1040. The summed E-state index contributed by atoms with van der Waals surface area (Å²) in [5.41, 5.74) is 3.21. The Hall–Kier alpha value is -2.86. The zero-order valence-electron chi connectivity index (χ0n) is 17.2. The van der Waals surface area contributed by atoms with E-state index in [1.807, 2.05) is 31.2 Å². The molecular weight excluding hydrogens is 394 g/mol. The van der Waals surface area contributed by atoms with E-state index in [4.69, 9.17) is 0 Å². The van der Waals surface area contributed by atoms with E-state index < -0.39 is 0 Å². The van der Waals surface area contributed by atoms with Crippen molar-refractivity contribution in [3.8, 4) is 0 Å². The van der Waals surface area contributed by atoms with E-state index in [0.29, 0.717) is 32.5 Å². The number of rotatable bonds is 5. The second kappa shape index (κ2) is 9.30. The maximum absolute atomic E-state index is 12.6. The minimum atomic E-state index is -0.0937. The van der Waals surface area contributed by atoms with Crippen LogP contribution >= 0.6 is 11.3 Å². The van der Waals surface area contributed by atoms with E-state index >= 15 is 0 Å². The van der Waals surface area contributed by atoms with E-state index in [0.717, 1.165) is 17.7 Å². The molecule has 1 aliphatic heterocycles. The number of likely N-dealkylation sites (tertiary alicyclic amines) is 1. The van der Waals surface area contributed by atoms with Crippen LogP contribution in [0.1, 0.15) is 24.0 Å². The Kier molecular flexibility index (Phi) is 6.33. The normalized spacial score (nSPS) is 14.6. The summed E-state index contributed by atoms with van der Waals surface area (Å²) in [4.78, 5) is 26.8. The molecule has 3 aromatic rings. The Morgan fingerprint density at radius 3 is 2.70 bits per heavy atom. The number of amides is 3. The summed E-state index contributed by atoms with van der Waals surface area (Å²) in [5.74, 6) is 0.0838. The first-order chi connectivity index (χ1) is 14.6. The number of hydrogen-bond donors (Lipinski definition) is 2. The first kappa shape index (κ1) is 20.4. The van der Waals surface area contributed by atoms with Crippen molar-refractivity contribution >= 4 is 39.0 Å². The number of thiophene rings is 1. The van der Waals surface area contributed by atoms with Crippen LogP contribution in [0.15, 0.2) is 53.9 Å². The molecule has 1 aliphatic rings. The molecule has 30 heavy (non-hydrogen) atoms. The van der Waals surface area contributed by atoms with Crippen LogP contribution in [0.25, 0.3) is 10.1 Å². The lowest BCUT2D eigenvalue weighted by Crippen LogP contribution is -2.44. The SMILES string of the molecule is Cc1cccc(NC(=O)N2CCC(C(=O)NCCc3csc4ccccc34)CC2)c1. The Labute approximate surface area is 181 Å². The highest BCUT2D eigenvalue weighted by Gasteiger charge is 2.27. The molecule has 1 fully saturated rings. The molecule has 1 saturated heterocycles. The Morgan fingerprint density at radius 1 is 1.10 bits per heavy atom. The van der Waals surface area contributed by atoms with Gasteiger partial charge in [0.2, 0.25) is 5.91 Å². The van der Waals surface area contributed by atoms with Crippen LogP contribution in [0, 0.1) is 12.8 Å². The van der Waals surface area contributed by atoms with Crippen molar-refractivity contribution in [2.24, 2.45) is 5.92 Å². The van der Waals surface area contributed by atoms with Crippen molar-refractivity contribution in [2.45, 2.75) is 26.2 Å². The maximum atomic E-state index is 12.6. The van der Waals surface area contributed by atoms with Crippen LogP contribution in [-0.2, 0) is 11.2 Å². The van der Waals surface area contributed by atoms with Gasteiger partial charge in [-0.05, 0) is 66.3 Å². The van der Waals surface area contributed by atoms with Crippen LogP contribution < -0.4 is 10.6 Å². The zero-order chi connectivity index (χ0) is 20.9. The van der Waals surface area contributed by atoms with E-state index in [9.17, 15) is 9.59 Å². The molecule has 0 unspecified atom stereocenters. The first-order valence-corrected chi connectivity index (χ1v) is 11.3. The van der Waals surface area contributed by atoms with E-state index in [1.54, 1.807) is 16.2 Å². The highest BCUT2D eigenvalue weighted by Crippen LogP contribution is 2.26. The second-order valence-corrected chi connectivity index (χ2v) is 8.77. The summed E-state index contributed by atoms with van der Waals surface area (Å²) >= 11 is 1.75. The molecule has 0 radical (unpaired) electrons. The third kappa shape index (κ3) is 4.82. The van der Waals surface area contributed by atoms with Gasteiger partial charge >= 0.3 is 6.03 Å². The molecule has 0 spiro atoms. The fourth-order valence-electron chi connectivity index (χ4n) is 3.96. The largest absolute Gasteiger partial charge is 0.356 e. The molecule has 6 heteroatoms. The lowest BCUT2D eigenvalue weighted by Gasteiger charge is -2.31. The number of benzene rings is 2. The molecule has 0 bridgehead atoms. The van der Waals surface area contributed by atoms with Gasteiger partial charge in [0, 0.05) is 35.9 Å². The van der Waals surface area contributed by atoms with Gasteiger partial charge in [0.1, 0.15) is 0 Å². The molecule has 2 aromatic carbocycles. The van der Waals surface area contributed by atoms with Crippen LogP contribution in [0.5, 0.6) is 0 Å². The number of urea groups is 1. The van der Waals surface area contributed by atoms with Gasteiger partial charge in [-0.2, -0.15) is 0 Å². The molecule has 0 saturated carbocycles. The molecule has 2 heterocycles. The Morgan fingerprint density at radius 2 is 1.90 bits per heavy atom. The van der Waals surface area contributed by atoms with E-state index in [2.05, 4.69) is 40.3 Å². The topological polar surface area (TPSA) is 61.4 Å². The van der Waals surface area contributed by atoms with Gasteiger partial charge in [-0.1, -0.05) is 30.3 Å². The van der Waals surface area contributed by atoms with Gasteiger partial charge in [0.25, 0.3) is 0 Å². The molecule has 156 valence electrons. The summed E-state index contributed by atoms with van der Waals surface area (Å²) < 4.78 is 1.29. The molecule has 1 aromatic heterocycles. The second-order valence-electron chi connectivity index (χ2n) is 7.86. The number of nitrogens with zero attached hydrogens (tertiary/aromatic N) is 1. The quantitative estimate of drug-likeness (QED) is 0.621. The van der Waals surface area contributed by atoms with Gasteiger partial charge in [-0.25, -0.2) is 4.79 Å². The molecule has 3 amide bonds. The maximum Gasteiger partial charge on any atom is 0.321 e. The van der Waals surface area contributed by atoms with Crippen molar-refractivity contribution in [1.29, 1.82) is 0 Å². The third-order valence-electron chi connectivity index (χ3n) is 5.68. The number of hydrogen-bond acceptors (Lipinski definition) is 3.